The highest BCUT2D eigenvalue weighted by Crippen LogP contribution is 2.29. The number of oxazole rings is 1. The molecular formula is C23H19FN4O5S. The first-order valence-electron chi connectivity index (χ1n) is 9.93. The van der Waals surface area contributed by atoms with Crippen LogP contribution in [0.4, 0.5) is 15.8 Å². The Labute approximate surface area is 194 Å². The Bertz CT molecular complexity index is 1440. The zero-order chi connectivity index (χ0) is 24.3. The van der Waals surface area contributed by atoms with Crippen molar-refractivity contribution in [2.75, 3.05) is 17.1 Å². The lowest BCUT2D eigenvalue weighted by Gasteiger charge is -2.14. The van der Waals surface area contributed by atoms with Gasteiger partial charge in [-0.3, -0.25) is 9.52 Å². The maximum atomic E-state index is 14.2. The predicted octanol–water partition coefficient (Wildman–Crippen LogP) is 4.25. The van der Waals surface area contributed by atoms with Crippen molar-refractivity contribution < 1.29 is 26.8 Å². The first-order chi connectivity index (χ1) is 16.3. The molecule has 0 spiro atoms. The number of rotatable bonds is 7. The van der Waals surface area contributed by atoms with E-state index >= 15 is 0 Å². The molecule has 11 heteroatoms. The number of aryl methyl sites for hydroxylation is 1. The van der Waals surface area contributed by atoms with Crippen LogP contribution in [0.15, 0.2) is 76.4 Å². The van der Waals surface area contributed by atoms with Gasteiger partial charge in [-0.1, -0.05) is 30.3 Å². The van der Waals surface area contributed by atoms with Gasteiger partial charge in [-0.05, 0) is 36.8 Å². The van der Waals surface area contributed by atoms with Crippen LogP contribution in [0.5, 0.6) is 5.88 Å². The highest BCUT2D eigenvalue weighted by atomic mass is 32.2. The number of carbonyl (C=O) groups excluding carboxylic acids is 1. The van der Waals surface area contributed by atoms with E-state index < -0.39 is 21.7 Å². The van der Waals surface area contributed by atoms with Gasteiger partial charge in [0.05, 0.1) is 24.7 Å². The minimum absolute atomic E-state index is 0.0146. The number of halogens is 1. The molecule has 0 aliphatic rings. The van der Waals surface area contributed by atoms with E-state index in [9.17, 15) is 17.6 Å². The molecule has 0 fully saturated rings. The number of anilines is 2. The van der Waals surface area contributed by atoms with Crippen LogP contribution in [0.1, 0.15) is 16.1 Å². The van der Waals surface area contributed by atoms with E-state index in [2.05, 4.69) is 20.0 Å². The van der Waals surface area contributed by atoms with Crippen molar-refractivity contribution in [3.8, 4) is 17.3 Å². The third kappa shape index (κ3) is 4.74. The number of aromatic nitrogens is 2. The zero-order valence-electron chi connectivity index (χ0n) is 18.1. The number of sulfonamides is 1. The molecule has 9 nitrogen and oxygen atoms in total. The van der Waals surface area contributed by atoms with E-state index in [1.165, 1.54) is 25.6 Å². The molecule has 2 aromatic heterocycles. The van der Waals surface area contributed by atoms with Crippen LogP contribution in [0.25, 0.3) is 11.5 Å². The largest absolute Gasteiger partial charge is 0.480 e. The van der Waals surface area contributed by atoms with Gasteiger partial charge in [0.1, 0.15) is 12.1 Å². The summed E-state index contributed by atoms with van der Waals surface area (Å²) >= 11 is 0. The lowest BCUT2D eigenvalue weighted by atomic mass is 10.2. The van der Waals surface area contributed by atoms with Crippen molar-refractivity contribution in [2.24, 2.45) is 0 Å². The molecule has 0 aliphatic carbocycles. The minimum atomic E-state index is -4.32. The Morgan fingerprint density at radius 2 is 1.88 bits per heavy atom. The SMILES string of the molecule is COc1ncc(NC(=O)c2coc(-c3ccccc3)n2)cc1S(=O)(=O)Nc1c(C)cccc1F. The summed E-state index contributed by atoms with van der Waals surface area (Å²) in [6.07, 6.45) is 2.41. The number of hydrogen-bond acceptors (Lipinski definition) is 7. The zero-order valence-corrected chi connectivity index (χ0v) is 18.9. The van der Waals surface area contributed by atoms with Crippen LogP contribution >= 0.6 is 0 Å². The first-order valence-corrected chi connectivity index (χ1v) is 11.4. The molecular weight excluding hydrogens is 463 g/mol. The molecule has 2 N–H and O–H groups in total. The Balaban J connectivity index is 1.60. The number of benzene rings is 2. The Kier molecular flexibility index (Phi) is 6.28. The number of para-hydroxylation sites is 1. The highest BCUT2D eigenvalue weighted by Gasteiger charge is 2.24. The summed E-state index contributed by atoms with van der Waals surface area (Å²) in [5.41, 5.74) is 0.922. The number of methoxy groups -OCH3 is 1. The van der Waals surface area contributed by atoms with Crippen LogP contribution < -0.4 is 14.8 Å². The van der Waals surface area contributed by atoms with Gasteiger partial charge in [-0.2, -0.15) is 0 Å². The molecule has 1 amide bonds. The molecule has 0 atom stereocenters. The normalized spacial score (nSPS) is 11.1. The van der Waals surface area contributed by atoms with Crippen molar-refractivity contribution in [1.82, 2.24) is 9.97 Å². The summed E-state index contributed by atoms with van der Waals surface area (Å²) in [6.45, 7) is 1.56. The van der Waals surface area contributed by atoms with Gasteiger partial charge in [0.2, 0.25) is 11.8 Å². The van der Waals surface area contributed by atoms with Crippen molar-refractivity contribution in [3.05, 3.63) is 84.1 Å². The van der Waals surface area contributed by atoms with E-state index in [1.54, 1.807) is 37.3 Å². The number of pyridine rings is 1. The van der Waals surface area contributed by atoms with E-state index in [4.69, 9.17) is 9.15 Å². The molecule has 4 rings (SSSR count). The summed E-state index contributed by atoms with van der Waals surface area (Å²) in [6, 6.07) is 14.3. The van der Waals surface area contributed by atoms with Gasteiger partial charge in [0.15, 0.2) is 10.6 Å². The Morgan fingerprint density at radius 3 is 2.59 bits per heavy atom. The van der Waals surface area contributed by atoms with Gasteiger partial charge in [0.25, 0.3) is 15.9 Å². The molecule has 0 aliphatic heterocycles. The molecule has 0 radical (unpaired) electrons. The topological polar surface area (TPSA) is 123 Å². The Hall–Kier alpha value is -4.25. The van der Waals surface area contributed by atoms with Crippen LogP contribution in [0.2, 0.25) is 0 Å². The number of nitrogens with one attached hydrogen (secondary N) is 2. The fraction of sp³-hybridized carbons (Fsp3) is 0.0870. The average molecular weight is 482 g/mol. The lowest BCUT2D eigenvalue weighted by Crippen LogP contribution is -2.18. The van der Waals surface area contributed by atoms with Crippen molar-refractivity contribution >= 4 is 27.3 Å². The molecule has 174 valence electrons. The third-order valence-corrected chi connectivity index (χ3v) is 6.12. The summed E-state index contributed by atoms with van der Waals surface area (Å²) < 4.78 is 52.9. The summed E-state index contributed by atoms with van der Waals surface area (Å²) in [5, 5.41) is 2.53. The molecule has 34 heavy (non-hydrogen) atoms. The Morgan fingerprint density at radius 1 is 1.12 bits per heavy atom. The van der Waals surface area contributed by atoms with Gasteiger partial charge in [0, 0.05) is 5.56 Å². The maximum absolute atomic E-state index is 14.2. The van der Waals surface area contributed by atoms with Crippen molar-refractivity contribution in [3.63, 3.8) is 0 Å². The third-order valence-electron chi connectivity index (χ3n) is 4.77. The van der Waals surface area contributed by atoms with Gasteiger partial charge in [-0.25, -0.2) is 22.8 Å². The second-order valence-corrected chi connectivity index (χ2v) is 8.78. The lowest BCUT2D eigenvalue weighted by molar-refractivity contribution is 0.102. The quantitative estimate of drug-likeness (QED) is 0.404. The molecule has 4 aromatic rings. The van der Waals surface area contributed by atoms with Crippen LogP contribution in [0, 0.1) is 12.7 Å². The maximum Gasteiger partial charge on any atom is 0.277 e. The standard InChI is InChI=1S/C23H19FN4O5S/c1-14-7-6-10-17(24)20(14)28-34(30,31)19-11-16(12-25-23(19)32-2)26-21(29)18-13-33-22(27-18)15-8-4-3-5-9-15/h3-13,28H,1-2H3,(H,26,29). The molecule has 0 unspecified atom stereocenters. The second-order valence-electron chi connectivity index (χ2n) is 7.13. The summed E-state index contributed by atoms with van der Waals surface area (Å²) in [4.78, 5) is 20.4. The molecule has 2 heterocycles. The number of amides is 1. The predicted molar refractivity (Wildman–Crippen MR) is 123 cm³/mol. The van der Waals surface area contributed by atoms with E-state index in [-0.39, 0.29) is 33.7 Å². The molecule has 0 saturated heterocycles. The van der Waals surface area contributed by atoms with Crippen molar-refractivity contribution in [1.29, 1.82) is 0 Å². The molecule has 0 saturated carbocycles. The average Bonchev–Trinajstić information content (AvgIpc) is 3.33. The highest BCUT2D eigenvalue weighted by molar-refractivity contribution is 7.92. The van der Waals surface area contributed by atoms with Gasteiger partial charge in [-0.15, -0.1) is 0 Å². The van der Waals surface area contributed by atoms with E-state index in [1.807, 2.05) is 6.07 Å². The first kappa shape index (κ1) is 22.9. The minimum Gasteiger partial charge on any atom is -0.480 e. The number of carbonyl (C=O) groups is 1. The van der Waals surface area contributed by atoms with Crippen molar-refractivity contribution in [2.45, 2.75) is 11.8 Å². The van der Waals surface area contributed by atoms with Gasteiger partial charge < -0.3 is 14.5 Å². The van der Waals surface area contributed by atoms with Gasteiger partial charge >= 0.3 is 0 Å². The summed E-state index contributed by atoms with van der Waals surface area (Å²) in [5.74, 6) is -1.35. The number of ether oxygens (including phenoxy) is 1. The van der Waals surface area contributed by atoms with Crippen LogP contribution in [0.3, 0.4) is 0 Å². The second kappa shape index (κ2) is 9.32. The number of nitrogens with zero attached hydrogens (tertiary/aromatic N) is 2. The fourth-order valence-electron chi connectivity index (χ4n) is 3.08. The smallest absolute Gasteiger partial charge is 0.277 e. The fourth-order valence-corrected chi connectivity index (χ4v) is 4.37. The molecule has 2 aromatic carbocycles. The van der Waals surface area contributed by atoms with Crippen LogP contribution in [-0.4, -0.2) is 31.4 Å². The van der Waals surface area contributed by atoms with E-state index in [0.29, 0.717) is 11.1 Å². The molecule has 0 bridgehead atoms. The van der Waals surface area contributed by atoms with E-state index in [0.717, 1.165) is 12.1 Å². The monoisotopic (exact) mass is 482 g/mol. The van der Waals surface area contributed by atoms with Crippen LogP contribution in [-0.2, 0) is 10.0 Å². The summed E-state index contributed by atoms with van der Waals surface area (Å²) in [7, 11) is -3.07. The number of hydrogen-bond donors (Lipinski definition) is 2.